The fraction of sp³-hybridized carbons (Fsp3) is 0.571. The third-order valence-electron chi connectivity index (χ3n) is 3.68. The van der Waals surface area contributed by atoms with Gasteiger partial charge in [-0.3, -0.25) is 0 Å². The Balaban J connectivity index is 2.14. The van der Waals surface area contributed by atoms with E-state index in [1.165, 1.54) is 0 Å². The quantitative estimate of drug-likeness (QED) is 0.913. The van der Waals surface area contributed by atoms with E-state index in [1.54, 1.807) is 0 Å². The van der Waals surface area contributed by atoms with Gasteiger partial charge in [-0.2, -0.15) is 0 Å². The number of hydrogen-bond acceptors (Lipinski definition) is 3. The van der Waals surface area contributed by atoms with E-state index in [0.29, 0.717) is 12.5 Å². The number of ether oxygens (including phenoxy) is 1. The van der Waals surface area contributed by atoms with Crippen LogP contribution in [0.2, 0.25) is 5.02 Å². The summed E-state index contributed by atoms with van der Waals surface area (Å²) in [5.74, 6) is 1.21. The van der Waals surface area contributed by atoms with Crippen molar-refractivity contribution >= 4 is 11.6 Å². The van der Waals surface area contributed by atoms with E-state index in [2.05, 4.69) is 18.7 Å². The summed E-state index contributed by atoms with van der Waals surface area (Å²) in [5.41, 5.74) is 7.39. The molecule has 2 rings (SSSR count). The maximum atomic E-state index is 6.35. The Bertz CT molecular complexity index is 407. The Hall–Kier alpha value is -0.770. The van der Waals surface area contributed by atoms with Crippen molar-refractivity contribution in [3.8, 4) is 5.75 Å². The molecule has 3 nitrogen and oxygen atoms in total. The van der Waals surface area contributed by atoms with Gasteiger partial charge in [0.05, 0.1) is 6.61 Å². The van der Waals surface area contributed by atoms with Crippen LogP contribution in [0.1, 0.15) is 25.5 Å². The van der Waals surface area contributed by atoms with Gasteiger partial charge in [-0.1, -0.05) is 25.4 Å². The minimum absolute atomic E-state index is 0.00745. The first-order chi connectivity index (χ1) is 8.65. The molecule has 0 radical (unpaired) electrons. The van der Waals surface area contributed by atoms with Gasteiger partial charge in [0.25, 0.3) is 0 Å². The second-order valence-electron chi connectivity index (χ2n) is 4.76. The van der Waals surface area contributed by atoms with Crippen molar-refractivity contribution < 1.29 is 4.74 Å². The monoisotopic (exact) mass is 268 g/mol. The van der Waals surface area contributed by atoms with Crippen molar-refractivity contribution in [2.45, 2.75) is 19.9 Å². The van der Waals surface area contributed by atoms with Crippen molar-refractivity contribution in [1.29, 1.82) is 0 Å². The minimum Gasteiger partial charge on any atom is -0.493 e. The maximum Gasteiger partial charge on any atom is 0.124 e. The van der Waals surface area contributed by atoms with Gasteiger partial charge in [0.1, 0.15) is 5.75 Å². The van der Waals surface area contributed by atoms with Crippen LogP contribution in [-0.4, -0.2) is 31.1 Å². The molecule has 2 N–H and O–H groups in total. The molecule has 1 aromatic carbocycles. The first-order valence-corrected chi connectivity index (χ1v) is 6.93. The maximum absolute atomic E-state index is 6.35. The molecule has 0 spiro atoms. The first-order valence-electron chi connectivity index (χ1n) is 6.55. The van der Waals surface area contributed by atoms with Gasteiger partial charge >= 0.3 is 0 Å². The summed E-state index contributed by atoms with van der Waals surface area (Å²) in [6.07, 6.45) is 0. The number of nitrogens with two attached hydrogens (primary N) is 1. The van der Waals surface area contributed by atoms with Crippen molar-refractivity contribution in [1.82, 2.24) is 4.90 Å². The molecule has 2 atom stereocenters. The lowest BCUT2D eigenvalue weighted by atomic mass is 9.91. The van der Waals surface area contributed by atoms with E-state index in [4.69, 9.17) is 22.1 Å². The zero-order chi connectivity index (χ0) is 13.1. The molecule has 0 aliphatic carbocycles. The minimum atomic E-state index is 0.00745. The molecule has 0 amide bonds. The van der Waals surface area contributed by atoms with Crippen LogP contribution in [0.15, 0.2) is 18.2 Å². The number of halogens is 1. The van der Waals surface area contributed by atoms with Crippen LogP contribution < -0.4 is 10.5 Å². The van der Waals surface area contributed by atoms with E-state index < -0.39 is 0 Å². The molecule has 0 bridgehead atoms. The van der Waals surface area contributed by atoms with Crippen LogP contribution in [0.5, 0.6) is 5.75 Å². The molecule has 0 aromatic heterocycles. The van der Waals surface area contributed by atoms with Gasteiger partial charge in [0.2, 0.25) is 0 Å². The third kappa shape index (κ3) is 2.79. The van der Waals surface area contributed by atoms with Crippen LogP contribution in [0, 0.1) is 5.92 Å². The lowest BCUT2D eigenvalue weighted by Gasteiger charge is -2.34. The molecule has 0 fully saturated rings. The normalized spacial score (nSPS) is 22.7. The third-order valence-corrected chi connectivity index (χ3v) is 3.91. The molecule has 4 heteroatoms. The summed E-state index contributed by atoms with van der Waals surface area (Å²) < 4.78 is 5.79. The fourth-order valence-corrected chi connectivity index (χ4v) is 2.63. The van der Waals surface area contributed by atoms with Crippen molar-refractivity contribution in [3.63, 3.8) is 0 Å². The summed E-state index contributed by atoms with van der Waals surface area (Å²) in [7, 11) is 0. The predicted octanol–water partition coefficient (Wildman–Crippen LogP) is 2.69. The number of benzene rings is 1. The molecule has 0 saturated heterocycles. The summed E-state index contributed by atoms with van der Waals surface area (Å²) >= 11 is 6.03. The average molecular weight is 269 g/mol. The smallest absolute Gasteiger partial charge is 0.124 e. The molecule has 1 aromatic rings. The van der Waals surface area contributed by atoms with Gasteiger partial charge in [0, 0.05) is 29.1 Å². The zero-order valence-electron chi connectivity index (χ0n) is 11.0. The van der Waals surface area contributed by atoms with E-state index in [0.717, 1.165) is 36.0 Å². The summed E-state index contributed by atoms with van der Waals surface area (Å²) in [5, 5.41) is 0.719. The lowest BCUT2D eigenvalue weighted by Crippen LogP contribution is -2.40. The van der Waals surface area contributed by atoms with Crippen LogP contribution in [0.25, 0.3) is 0 Å². The van der Waals surface area contributed by atoms with Gasteiger partial charge in [0.15, 0.2) is 0 Å². The van der Waals surface area contributed by atoms with Crippen LogP contribution in [-0.2, 0) is 0 Å². The van der Waals surface area contributed by atoms with Crippen LogP contribution in [0.4, 0.5) is 0 Å². The summed E-state index contributed by atoms with van der Waals surface area (Å²) in [4.78, 5) is 2.38. The van der Waals surface area contributed by atoms with Crippen LogP contribution in [0.3, 0.4) is 0 Å². The Kier molecular flexibility index (Phi) is 4.49. The van der Waals surface area contributed by atoms with Crippen molar-refractivity contribution in [3.05, 3.63) is 28.8 Å². The van der Waals surface area contributed by atoms with Gasteiger partial charge < -0.3 is 15.4 Å². The van der Waals surface area contributed by atoms with E-state index in [-0.39, 0.29) is 6.04 Å². The molecule has 1 heterocycles. The Morgan fingerprint density at radius 2 is 2.11 bits per heavy atom. The Morgan fingerprint density at radius 1 is 1.39 bits per heavy atom. The average Bonchev–Trinajstić information content (AvgIpc) is 2.39. The van der Waals surface area contributed by atoms with Gasteiger partial charge in [-0.05, 0) is 31.3 Å². The standard InChI is InChI=1S/C14H21ClN2O/c1-3-17(4-2)8-10-9-18-13-6-5-11(15)7-12(13)14(10)16/h5-7,10,14H,3-4,8-9,16H2,1-2H3. The molecule has 0 saturated carbocycles. The van der Waals surface area contributed by atoms with E-state index in [9.17, 15) is 0 Å². The second kappa shape index (κ2) is 5.91. The molecular formula is C14H21ClN2O. The second-order valence-corrected chi connectivity index (χ2v) is 5.20. The number of hydrogen-bond donors (Lipinski definition) is 1. The topological polar surface area (TPSA) is 38.5 Å². The number of nitrogens with zero attached hydrogens (tertiary/aromatic N) is 1. The Morgan fingerprint density at radius 3 is 2.78 bits per heavy atom. The molecule has 18 heavy (non-hydrogen) atoms. The summed E-state index contributed by atoms with van der Waals surface area (Å²) in [6, 6.07) is 5.69. The van der Waals surface area contributed by atoms with E-state index in [1.807, 2.05) is 18.2 Å². The zero-order valence-corrected chi connectivity index (χ0v) is 11.8. The Labute approximate surface area is 114 Å². The lowest BCUT2D eigenvalue weighted by molar-refractivity contribution is 0.144. The summed E-state index contributed by atoms with van der Waals surface area (Å²) in [6.45, 7) is 8.09. The van der Waals surface area contributed by atoms with Gasteiger partial charge in [-0.15, -0.1) is 0 Å². The van der Waals surface area contributed by atoms with Crippen LogP contribution >= 0.6 is 11.6 Å². The molecule has 1 aliphatic rings. The first kappa shape index (κ1) is 13.7. The molecule has 1 aliphatic heterocycles. The highest BCUT2D eigenvalue weighted by molar-refractivity contribution is 6.30. The van der Waals surface area contributed by atoms with E-state index >= 15 is 0 Å². The number of rotatable bonds is 4. The predicted molar refractivity (Wildman–Crippen MR) is 75.2 cm³/mol. The largest absolute Gasteiger partial charge is 0.493 e. The van der Waals surface area contributed by atoms with Gasteiger partial charge in [-0.25, -0.2) is 0 Å². The highest BCUT2D eigenvalue weighted by Gasteiger charge is 2.29. The molecule has 100 valence electrons. The van der Waals surface area contributed by atoms with Crippen molar-refractivity contribution in [2.24, 2.45) is 11.7 Å². The fourth-order valence-electron chi connectivity index (χ4n) is 2.45. The highest BCUT2D eigenvalue weighted by Crippen LogP contribution is 2.35. The SMILES string of the molecule is CCN(CC)CC1COc2ccc(Cl)cc2C1N. The van der Waals surface area contributed by atoms with Crippen molar-refractivity contribution in [2.75, 3.05) is 26.2 Å². The highest BCUT2D eigenvalue weighted by atomic mass is 35.5. The molecular weight excluding hydrogens is 248 g/mol. The molecule has 2 unspecified atom stereocenters. The number of fused-ring (bicyclic) bond motifs is 1.